The van der Waals surface area contributed by atoms with Crippen LogP contribution in [0.15, 0.2) is 30.5 Å². The minimum Gasteiger partial charge on any atom is -0.330 e. The number of rotatable bonds is 3. The summed E-state index contributed by atoms with van der Waals surface area (Å²) < 4.78 is 16.3. The second kappa shape index (κ2) is 8.28. The number of hydrogen-bond donors (Lipinski definition) is 1. The maximum absolute atomic E-state index is 14.5. The molecule has 3 heterocycles. The van der Waals surface area contributed by atoms with Crippen LogP contribution in [0.5, 0.6) is 0 Å². The summed E-state index contributed by atoms with van der Waals surface area (Å²) >= 11 is 0. The predicted molar refractivity (Wildman–Crippen MR) is 121 cm³/mol. The highest BCUT2D eigenvalue weighted by Crippen LogP contribution is 2.36. The molecule has 0 bridgehead atoms. The molecule has 2 aromatic heterocycles. The largest absolute Gasteiger partial charge is 0.330 e. The normalized spacial score (nSPS) is 23.8. The molecule has 5 rings (SSSR count). The van der Waals surface area contributed by atoms with Gasteiger partial charge >= 0.3 is 0 Å². The van der Waals surface area contributed by atoms with Gasteiger partial charge in [0.05, 0.1) is 23.0 Å². The first kappa shape index (κ1) is 21.1. The van der Waals surface area contributed by atoms with E-state index in [0.717, 1.165) is 66.7 Å². The fourth-order valence-electron chi connectivity index (χ4n) is 5.31. The number of halogens is 1. The molecule has 1 amide bonds. The van der Waals surface area contributed by atoms with Gasteiger partial charge in [-0.2, -0.15) is 5.10 Å². The highest BCUT2D eigenvalue weighted by atomic mass is 19.1. The van der Waals surface area contributed by atoms with Crippen LogP contribution in [-0.2, 0) is 0 Å². The molecule has 0 radical (unpaired) electrons. The Kier molecular flexibility index (Phi) is 5.45. The van der Waals surface area contributed by atoms with Crippen LogP contribution in [0.4, 0.5) is 4.39 Å². The Bertz CT molecular complexity index is 1170. The van der Waals surface area contributed by atoms with Gasteiger partial charge in [-0.05, 0) is 75.6 Å². The van der Waals surface area contributed by atoms with Gasteiger partial charge in [0.2, 0.25) is 0 Å². The Morgan fingerprint density at radius 1 is 1.16 bits per heavy atom. The molecule has 168 valence electrons. The Balaban J connectivity index is 1.47. The molecule has 3 atom stereocenters. The Hall–Kier alpha value is -2.80. The molecule has 3 aromatic rings. The van der Waals surface area contributed by atoms with Gasteiger partial charge < -0.3 is 10.6 Å². The summed E-state index contributed by atoms with van der Waals surface area (Å²) in [5, 5.41) is 4.78. The van der Waals surface area contributed by atoms with E-state index in [9.17, 15) is 9.18 Å². The van der Waals surface area contributed by atoms with E-state index >= 15 is 0 Å². The van der Waals surface area contributed by atoms with Crippen molar-refractivity contribution in [3.8, 4) is 0 Å². The third-order valence-electron chi connectivity index (χ3n) is 7.01. The van der Waals surface area contributed by atoms with Gasteiger partial charge in [0, 0.05) is 30.8 Å². The third-order valence-corrected chi connectivity index (χ3v) is 7.01. The number of aromatic nitrogens is 3. The number of carbonyl (C=O) groups is 1. The summed E-state index contributed by atoms with van der Waals surface area (Å²) in [6.45, 7) is 4.49. The lowest BCUT2D eigenvalue weighted by Gasteiger charge is -2.34. The fraction of sp³-hybridized carbons (Fsp3) is 0.480. The number of piperidine rings is 1. The van der Waals surface area contributed by atoms with Crippen LogP contribution in [0.1, 0.15) is 83.4 Å². The van der Waals surface area contributed by atoms with Crippen molar-refractivity contribution in [1.29, 1.82) is 0 Å². The van der Waals surface area contributed by atoms with E-state index in [0.29, 0.717) is 12.5 Å². The molecule has 1 saturated carbocycles. The topological polar surface area (TPSA) is 76.5 Å². The first-order chi connectivity index (χ1) is 15.4. The quantitative estimate of drug-likeness (QED) is 0.660. The highest BCUT2D eigenvalue weighted by molar-refractivity contribution is 5.95. The molecule has 1 aliphatic heterocycles. The van der Waals surface area contributed by atoms with E-state index < -0.39 is 5.82 Å². The summed E-state index contributed by atoms with van der Waals surface area (Å²) in [5.41, 5.74) is 10.9. The van der Waals surface area contributed by atoms with Crippen molar-refractivity contribution in [2.45, 2.75) is 70.4 Å². The smallest absolute Gasteiger partial charge is 0.257 e. The second-order valence-electron chi connectivity index (χ2n) is 9.44. The van der Waals surface area contributed by atoms with Crippen LogP contribution in [0, 0.1) is 19.7 Å². The number of fused-ring (bicyclic) bond motifs is 1. The molecule has 7 heteroatoms. The lowest BCUT2D eigenvalue weighted by Crippen LogP contribution is -2.39. The molecule has 0 spiro atoms. The second-order valence-corrected chi connectivity index (χ2v) is 9.44. The fourth-order valence-corrected chi connectivity index (χ4v) is 5.31. The number of likely N-dealkylation sites (tertiary alicyclic amines) is 1. The number of carbonyl (C=O) groups excluding carboxylic acids is 1. The first-order valence-electron chi connectivity index (χ1n) is 11.6. The van der Waals surface area contributed by atoms with Crippen molar-refractivity contribution in [2.24, 2.45) is 5.73 Å². The third kappa shape index (κ3) is 3.79. The zero-order chi connectivity index (χ0) is 22.4. The van der Waals surface area contributed by atoms with E-state index in [1.807, 2.05) is 23.7 Å². The Morgan fingerprint density at radius 2 is 2.00 bits per heavy atom. The van der Waals surface area contributed by atoms with Crippen molar-refractivity contribution < 1.29 is 9.18 Å². The van der Waals surface area contributed by atoms with E-state index in [-0.39, 0.29) is 23.6 Å². The summed E-state index contributed by atoms with van der Waals surface area (Å²) in [4.78, 5) is 20.0. The average molecular weight is 436 g/mol. The zero-order valence-corrected chi connectivity index (χ0v) is 18.7. The van der Waals surface area contributed by atoms with Gasteiger partial charge in [0.1, 0.15) is 5.82 Å². The molecule has 2 aliphatic rings. The summed E-state index contributed by atoms with van der Waals surface area (Å²) in [7, 11) is 0. The lowest BCUT2D eigenvalue weighted by atomic mass is 9.97. The molecular weight excluding hydrogens is 405 g/mol. The molecule has 2 N–H and O–H groups in total. The maximum atomic E-state index is 14.5. The van der Waals surface area contributed by atoms with Crippen LogP contribution in [0.25, 0.3) is 5.65 Å². The van der Waals surface area contributed by atoms with Crippen LogP contribution >= 0.6 is 0 Å². The van der Waals surface area contributed by atoms with Crippen molar-refractivity contribution >= 4 is 11.6 Å². The molecule has 1 unspecified atom stereocenters. The summed E-state index contributed by atoms with van der Waals surface area (Å²) in [6, 6.07) is 6.85. The minimum absolute atomic E-state index is 0.125. The number of nitrogens with two attached hydrogens (primary N) is 1. The van der Waals surface area contributed by atoms with E-state index in [4.69, 9.17) is 15.8 Å². The van der Waals surface area contributed by atoms with Crippen molar-refractivity contribution in [3.05, 3.63) is 64.4 Å². The predicted octanol–water partition coefficient (Wildman–Crippen LogP) is 4.45. The van der Waals surface area contributed by atoms with E-state index in [1.165, 1.54) is 6.07 Å². The maximum Gasteiger partial charge on any atom is 0.257 e. The van der Waals surface area contributed by atoms with Crippen molar-refractivity contribution in [3.63, 3.8) is 0 Å². The number of aryl methyl sites for hydroxylation is 2. The van der Waals surface area contributed by atoms with Crippen molar-refractivity contribution in [1.82, 2.24) is 19.5 Å². The molecule has 6 nitrogen and oxygen atoms in total. The van der Waals surface area contributed by atoms with Gasteiger partial charge in [-0.1, -0.05) is 6.07 Å². The van der Waals surface area contributed by atoms with Crippen LogP contribution in [-0.4, -0.2) is 38.0 Å². The molecule has 1 saturated heterocycles. The van der Waals surface area contributed by atoms with Crippen LogP contribution in [0.3, 0.4) is 0 Å². The van der Waals surface area contributed by atoms with Crippen LogP contribution in [0.2, 0.25) is 0 Å². The lowest BCUT2D eigenvalue weighted by molar-refractivity contribution is 0.0601. The average Bonchev–Trinajstić information content (AvgIpc) is 3.38. The van der Waals surface area contributed by atoms with Gasteiger partial charge in [0.15, 0.2) is 5.65 Å². The molecular formula is C25H30FN5O. The molecule has 1 aliphatic carbocycles. The SMILES string of the molecule is Cc1ccc(C(=O)N2CCCC[C@H]2c2cc3nc(C4CC[C@H](N)C4)c(C)cn3n2)c(F)c1. The number of benzene rings is 1. The Morgan fingerprint density at radius 3 is 2.75 bits per heavy atom. The number of hydrogen-bond acceptors (Lipinski definition) is 4. The Labute approximate surface area is 187 Å². The van der Waals surface area contributed by atoms with Crippen LogP contribution < -0.4 is 5.73 Å². The molecule has 1 aromatic carbocycles. The standard InChI is InChI=1S/C25H30FN5O/c1-15-6-9-19(20(26)11-15)25(32)30-10-4-3-5-22(30)21-13-23-28-24(16(2)14-31(23)29-21)17-7-8-18(27)12-17/h6,9,11,13-14,17-18,22H,3-5,7-8,10,12,27H2,1-2H3/t17?,18-,22-/m0/s1. The van der Waals surface area contributed by atoms with Gasteiger partial charge in [0.25, 0.3) is 5.91 Å². The molecule has 2 fully saturated rings. The molecule has 32 heavy (non-hydrogen) atoms. The van der Waals surface area contributed by atoms with Crippen molar-refractivity contribution in [2.75, 3.05) is 6.54 Å². The summed E-state index contributed by atoms with van der Waals surface area (Å²) in [5.74, 6) is -0.342. The van der Waals surface area contributed by atoms with Gasteiger partial charge in [-0.25, -0.2) is 13.9 Å². The minimum atomic E-state index is -0.467. The number of nitrogens with zero attached hydrogens (tertiary/aromatic N) is 4. The highest BCUT2D eigenvalue weighted by Gasteiger charge is 2.32. The monoisotopic (exact) mass is 435 g/mol. The van der Waals surface area contributed by atoms with E-state index in [2.05, 4.69) is 6.92 Å². The van der Waals surface area contributed by atoms with Gasteiger partial charge in [-0.15, -0.1) is 0 Å². The van der Waals surface area contributed by atoms with E-state index in [1.54, 1.807) is 17.0 Å². The van der Waals surface area contributed by atoms with Gasteiger partial charge in [-0.3, -0.25) is 4.79 Å². The number of amides is 1. The first-order valence-corrected chi connectivity index (χ1v) is 11.6. The zero-order valence-electron chi connectivity index (χ0n) is 18.7. The summed E-state index contributed by atoms with van der Waals surface area (Å²) in [6.07, 6.45) is 7.84.